The van der Waals surface area contributed by atoms with Crippen LogP contribution in [0.25, 0.3) is 0 Å². The van der Waals surface area contributed by atoms with Crippen LogP contribution in [-0.2, 0) is 11.3 Å². The number of benzene rings is 1. The van der Waals surface area contributed by atoms with E-state index in [4.69, 9.17) is 0 Å². The van der Waals surface area contributed by atoms with Gasteiger partial charge < -0.3 is 5.11 Å². The number of aryl methyl sites for hydroxylation is 2. The average molecular weight is 261 g/mol. The van der Waals surface area contributed by atoms with Crippen LogP contribution in [0.2, 0.25) is 0 Å². The van der Waals surface area contributed by atoms with Crippen molar-refractivity contribution in [2.75, 3.05) is 13.1 Å². The topological polar surface area (TPSA) is 40.5 Å². The largest absolute Gasteiger partial charge is 0.481 e. The number of carboxylic acid groups (broad SMARTS) is 1. The van der Waals surface area contributed by atoms with E-state index in [0.717, 1.165) is 32.5 Å². The molecule has 0 saturated carbocycles. The Morgan fingerprint density at radius 2 is 1.79 bits per heavy atom. The average Bonchev–Trinajstić information content (AvgIpc) is 2.36. The second-order valence-electron chi connectivity index (χ2n) is 6.01. The van der Waals surface area contributed by atoms with Crippen molar-refractivity contribution in [3.05, 3.63) is 34.9 Å². The van der Waals surface area contributed by atoms with Gasteiger partial charge in [-0.05, 0) is 63.4 Å². The Bertz CT molecular complexity index is 453. The lowest BCUT2D eigenvalue weighted by Gasteiger charge is -2.36. The van der Waals surface area contributed by atoms with Gasteiger partial charge in [0.1, 0.15) is 0 Å². The molecule has 0 bridgehead atoms. The molecule has 0 radical (unpaired) electrons. The van der Waals surface area contributed by atoms with E-state index in [9.17, 15) is 9.90 Å². The molecule has 1 N–H and O–H groups in total. The van der Waals surface area contributed by atoms with Crippen LogP contribution in [0.3, 0.4) is 0 Å². The first-order valence-corrected chi connectivity index (χ1v) is 6.93. The fourth-order valence-electron chi connectivity index (χ4n) is 2.74. The van der Waals surface area contributed by atoms with Crippen molar-refractivity contribution in [3.63, 3.8) is 0 Å². The van der Waals surface area contributed by atoms with Crippen LogP contribution >= 0.6 is 0 Å². The molecule has 3 nitrogen and oxygen atoms in total. The van der Waals surface area contributed by atoms with Crippen LogP contribution in [-0.4, -0.2) is 29.1 Å². The molecule has 2 rings (SSSR count). The van der Waals surface area contributed by atoms with Gasteiger partial charge in [-0.3, -0.25) is 9.69 Å². The summed E-state index contributed by atoms with van der Waals surface area (Å²) in [7, 11) is 0. The molecule has 1 heterocycles. The van der Waals surface area contributed by atoms with Gasteiger partial charge in [0.25, 0.3) is 0 Å². The van der Waals surface area contributed by atoms with Crippen LogP contribution in [0.1, 0.15) is 36.5 Å². The van der Waals surface area contributed by atoms with Gasteiger partial charge in [-0.2, -0.15) is 0 Å². The summed E-state index contributed by atoms with van der Waals surface area (Å²) < 4.78 is 0. The molecular weight excluding hydrogens is 238 g/mol. The molecule has 0 aliphatic carbocycles. The highest BCUT2D eigenvalue weighted by Gasteiger charge is 2.36. The lowest BCUT2D eigenvalue weighted by atomic mass is 9.80. The Labute approximate surface area is 115 Å². The van der Waals surface area contributed by atoms with Gasteiger partial charge in [-0.25, -0.2) is 0 Å². The predicted molar refractivity (Wildman–Crippen MR) is 76.2 cm³/mol. The lowest BCUT2D eigenvalue weighted by Crippen LogP contribution is -2.42. The number of rotatable bonds is 3. The zero-order chi connectivity index (χ0) is 14.0. The third kappa shape index (κ3) is 2.98. The van der Waals surface area contributed by atoms with Crippen molar-refractivity contribution in [3.8, 4) is 0 Å². The van der Waals surface area contributed by atoms with Crippen molar-refractivity contribution in [1.82, 2.24) is 4.90 Å². The first-order chi connectivity index (χ1) is 8.92. The molecule has 0 unspecified atom stereocenters. The number of nitrogens with zero attached hydrogens (tertiary/aromatic N) is 1. The Hall–Kier alpha value is -1.35. The summed E-state index contributed by atoms with van der Waals surface area (Å²) in [6, 6.07) is 6.38. The second-order valence-corrected chi connectivity index (χ2v) is 6.01. The summed E-state index contributed by atoms with van der Waals surface area (Å²) in [4.78, 5) is 13.6. The maximum absolute atomic E-state index is 11.2. The molecule has 0 atom stereocenters. The number of likely N-dealkylation sites (tertiary alicyclic amines) is 1. The van der Waals surface area contributed by atoms with Crippen LogP contribution in [0.15, 0.2) is 18.2 Å². The standard InChI is InChI=1S/C16H23NO2/c1-12-5-4-6-13(2)14(12)11-17-9-7-16(3,8-10-17)15(18)19/h4-6H,7-11H2,1-3H3,(H,18,19). The van der Waals surface area contributed by atoms with E-state index in [1.54, 1.807) is 0 Å². The third-order valence-corrected chi connectivity index (χ3v) is 4.50. The highest BCUT2D eigenvalue weighted by molar-refractivity contribution is 5.74. The quantitative estimate of drug-likeness (QED) is 0.909. The molecule has 1 aliphatic heterocycles. The minimum absolute atomic E-state index is 0.530. The minimum atomic E-state index is -0.653. The molecule has 3 heteroatoms. The molecule has 0 amide bonds. The van der Waals surface area contributed by atoms with Crippen LogP contribution in [0.5, 0.6) is 0 Å². The molecule has 1 fully saturated rings. The molecular formula is C16H23NO2. The Morgan fingerprint density at radius 3 is 2.26 bits per heavy atom. The molecule has 0 aromatic heterocycles. The molecule has 19 heavy (non-hydrogen) atoms. The summed E-state index contributed by atoms with van der Waals surface area (Å²) in [5.74, 6) is -0.653. The number of aliphatic carboxylic acids is 1. The number of carbonyl (C=O) groups is 1. The van der Waals surface area contributed by atoms with Crippen molar-refractivity contribution in [2.45, 2.75) is 40.2 Å². The molecule has 1 aromatic carbocycles. The third-order valence-electron chi connectivity index (χ3n) is 4.50. The number of hydrogen-bond acceptors (Lipinski definition) is 2. The van der Waals surface area contributed by atoms with Crippen molar-refractivity contribution in [2.24, 2.45) is 5.41 Å². The van der Waals surface area contributed by atoms with Gasteiger partial charge in [0.05, 0.1) is 5.41 Å². The van der Waals surface area contributed by atoms with E-state index >= 15 is 0 Å². The minimum Gasteiger partial charge on any atom is -0.481 e. The van der Waals surface area contributed by atoms with Crippen LogP contribution in [0.4, 0.5) is 0 Å². The van der Waals surface area contributed by atoms with Gasteiger partial charge in [0.2, 0.25) is 0 Å². The van der Waals surface area contributed by atoms with Gasteiger partial charge in [0.15, 0.2) is 0 Å². The zero-order valence-corrected chi connectivity index (χ0v) is 12.1. The number of piperidine rings is 1. The number of hydrogen-bond donors (Lipinski definition) is 1. The summed E-state index contributed by atoms with van der Waals surface area (Å²) in [6.45, 7) is 8.84. The molecule has 1 aromatic rings. The Kier molecular flexibility index (Phi) is 3.95. The summed E-state index contributed by atoms with van der Waals surface area (Å²) in [5.41, 5.74) is 3.51. The molecule has 1 saturated heterocycles. The normalized spacial score (nSPS) is 19.3. The van der Waals surface area contributed by atoms with Crippen LogP contribution in [0, 0.1) is 19.3 Å². The fraction of sp³-hybridized carbons (Fsp3) is 0.562. The number of carboxylic acids is 1. The van der Waals surface area contributed by atoms with Crippen LogP contribution < -0.4 is 0 Å². The summed E-state index contributed by atoms with van der Waals surface area (Å²) in [5, 5.41) is 9.24. The van der Waals surface area contributed by atoms with Gasteiger partial charge in [-0.1, -0.05) is 18.2 Å². The first-order valence-electron chi connectivity index (χ1n) is 6.93. The van der Waals surface area contributed by atoms with E-state index in [0.29, 0.717) is 0 Å². The Balaban J connectivity index is 2.02. The highest BCUT2D eigenvalue weighted by atomic mass is 16.4. The summed E-state index contributed by atoms with van der Waals surface area (Å²) in [6.07, 6.45) is 1.49. The lowest BCUT2D eigenvalue weighted by molar-refractivity contribution is -0.150. The SMILES string of the molecule is Cc1cccc(C)c1CN1CCC(C)(C(=O)O)CC1. The molecule has 1 aliphatic rings. The predicted octanol–water partition coefficient (Wildman–Crippen LogP) is 2.99. The highest BCUT2D eigenvalue weighted by Crippen LogP contribution is 2.32. The summed E-state index contributed by atoms with van der Waals surface area (Å²) >= 11 is 0. The Morgan fingerprint density at radius 1 is 1.26 bits per heavy atom. The van der Waals surface area contributed by atoms with E-state index in [-0.39, 0.29) is 0 Å². The van der Waals surface area contributed by atoms with E-state index < -0.39 is 11.4 Å². The monoisotopic (exact) mass is 261 g/mol. The van der Waals surface area contributed by atoms with E-state index in [1.165, 1.54) is 16.7 Å². The van der Waals surface area contributed by atoms with Gasteiger partial charge >= 0.3 is 5.97 Å². The van der Waals surface area contributed by atoms with Crippen molar-refractivity contribution < 1.29 is 9.90 Å². The smallest absolute Gasteiger partial charge is 0.309 e. The first kappa shape index (κ1) is 14.1. The zero-order valence-electron chi connectivity index (χ0n) is 12.1. The molecule has 104 valence electrons. The fourth-order valence-corrected chi connectivity index (χ4v) is 2.74. The molecule has 0 spiro atoms. The van der Waals surface area contributed by atoms with Crippen molar-refractivity contribution >= 4 is 5.97 Å². The maximum atomic E-state index is 11.2. The van der Waals surface area contributed by atoms with Crippen molar-refractivity contribution in [1.29, 1.82) is 0 Å². The van der Waals surface area contributed by atoms with E-state index in [2.05, 4.69) is 36.9 Å². The van der Waals surface area contributed by atoms with Gasteiger partial charge in [-0.15, -0.1) is 0 Å². The van der Waals surface area contributed by atoms with Gasteiger partial charge in [0, 0.05) is 6.54 Å². The second kappa shape index (κ2) is 5.33. The maximum Gasteiger partial charge on any atom is 0.309 e. The van der Waals surface area contributed by atoms with E-state index in [1.807, 2.05) is 6.92 Å².